The van der Waals surface area contributed by atoms with Crippen molar-refractivity contribution < 1.29 is 8.42 Å². The lowest BCUT2D eigenvalue weighted by Gasteiger charge is -2.05. The molecule has 6 heteroatoms. The highest BCUT2D eigenvalue weighted by molar-refractivity contribution is 7.98. The lowest BCUT2D eigenvalue weighted by molar-refractivity contribution is 0.586. The van der Waals surface area contributed by atoms with E-state index in [1.54, 1.807) is 29.3 Å². The van der Waals surface area contributed by atoms with Gasteiger partial charge in [0.2, 0.25) is 10.0 Å². The Kier molecular flexibility index (Phi) is 5.65. The topological polar surface area (TPSA) is 46.2 Å². The van der Waals surface area contributed by atoms with Gasteiger partial charge in [0, 0.05) is 18.1 Å². The van der Waals surface area contributed by atoms with Crippen LogP contribution in [0.1, 0.15) is 11.1 Å². The number of nitrogens with one attached hydrogen (secondary N) is 1. The quantitative estimate of drug-likeness (QED) is 0.794. The van der Waals surface area contributed by atoms with Crippen LogP contribution in [0.2, 0.25) is 0 Å². The van der Waals surface area contributed by atoms with Crippen molar-refractivity contribution in [3.05, 3.63) is 52.9 Å². The maximum absolute atomic E-state index is 11.9. The molecule has 108 valence electrons. The predicted molar refractivity (Wildman–Crippen MR) is 86.8 cm³/mol. The second-order valence-electron chi connectivity index (χ2n) is 4.37. The number of aryl methyl sites for hydroxylation is 1. The average molecular weight is 327 g/mol. The Labute approximate surface area is 128 Å². The molecule has 3 nitrogen and oxygen atoms in total. The first-order valence-corrected chi connectivity index (χ1v) is 9.76. The van der Waals surface area contributed by atoms with Crippen LogP contribution >= 0.6 is 23.1 Å². The standard InChI is InChI=1S/C14H17NO2S3/c1-12-4-2-5-13(10-12)11-18-9-7-15-20(16,17)14-6-3-8-19-14/h2-6,8,10,15H,7,9,11H2,1H3. The molecular weight excluding hydrogens is 310 g/mol. The molecule has 0 radical (unpaired) electrons. The van der Waals surface area contributed by atoms with E-state index in [9.17, 15) is 8.42 Å². The molecule has 0 aliphatic rings. The maximum atomic E-state index is 11.9. The van der Waals surface area contributed by atoms with Crippen molar-refractivity contribution in [3.8, 4) is 0 Å². The number of hydrogen-bond donors (Lipinski definition) is 1. The van der Waals surface area contributed by atoms with Gasteiger partial charge >= 0.3 is 0 Å². The van der Waals surface area contributed by atoms with E-state index in [1.165, 1.54) is 22.5 Å². The Balaban J connectivity index is 1.72. The lowest BCUT2D eigenvalue weighted by atomic mass is 10.2. The summed E-state index contributed by atoms with van der Waals surface area (Å²) in [4.78, 5) is 0. The zero-order valence-corrected chi connectivity index (χ0v) is 13.7. The maximum Gasteiger partial charge on any atom is 0.250 e. The molecule has 0 unspecified atom stereocenters. The van der Waals surface area contributed by atoms with Gasteiger partial charge in [-0.3, -0.25) is 0 Å². The molecular formula is C14H17NO2S3. The minimum Gasteiger partial charge on any atom is -0.210 e. The first-order chi connectivity index (χ1) is 9.58. The van der Waals surface area contributed by atoms with Crippen LogP contribution in [0.5, 0.6) is 0 Å². The second-order valence-corrected chi connectivity index (χ2v) is 8.42. The normalized spacial score (nSPS) is 11.7. The van der Waals surface area contributed by atoms with Crippen LogP contribution in [0.3, 0.4) is 0 Å². The van der Waals surface area contributed by atoms with Crippen LogP contribution in [-0.2, 0) is 15.8 Å². The molecule has 1 aromatic heterocycles. The molecule has 1 aromatic carbocycles. The zero-order chi connectivity index (χ0) is 14.4. The lowest BCUT2D eigenvalue weighted by Crippen LogP contribution is -2.25. The summed E-state index contributed by atoms with van der Waals surface area (Å²) in [5.74, 6) is 1.67. The SMILES string of the molecule is Cc1cccc(CSCCNS(=O)(=O)c2cccs2)c1. The molecule has 0 spiro atoms. The minimum absolute atomic E-state index is 0.376. The monoisotopic (exact) mass is 327 g/mol. The summed E-state index contributed by atoms with van der Waals surface area (Å²) in [5.41, 5.74) is 2.53. The Bertz CT molecular complexity index is 636. The van der Waals surface area contributed by atoms with E-state index >= 15 is 0 Å². The number of sulfonamides is 1. The average Bonchev–Trinajstić information content (AvgIpc) is 2.93. The molecule has 0 fully saturated rings. The molecule has 0 saturated heterocycles. The van der Waals surface area contributed by atoms with Gasteiger partial charge in [0.25, 0.3) is 0 Å². The second kappa shape index (κ2) is 7.26. The summed E-state index contributed by atoms with van der Waals surface area (Å²) >= 11 is 2.96. The number of benzene rings is 1. The molecule has 0 aliphatic carbocycles. The van der Waals surface area contributed by atoms with E-state index in [-0.39, 0.29) is 0 Å². The third-order valence-corrected chi connectivity index (χ3v) is 6.54. The first-order valence-electron chi connectivity index (χ1n) is 6.24. The fraction of sp³-hybridized carbons (Fsp3) is 0.286. The molecule has 0 saturated carbocycles. The summed E-state index contributed by atoms with van der Waals surface area (Å²) in [6.45, 7) is 2.53. The number of thioether (sulfide) groups is 1. The van der Waals surface area contributed by atoms with E-state index in [0.29, 0.717) is 10.8 Å². The minimum atomic E-state index is -3.31. The Morgan fingerprint density at radius 3 is 2.80 bits per heavy atom. The van der Waals surface area contributed by atoms with E-state index in [1.807, 2.05) is 6.07 Å². The van der Waals surface area contributed by atoms with Crippen LogP contribution in [0, 0.1) is 6.92 Å². The molecule has 0 bridgehead atoms. The zero-order valence-electron chi connectivity index (χ0n) is 11.2. The van der Waals surface area contributed by atoms with E-state index < -0.39 is 10.0 Å². The van der Waals surface area contributed by atoms with Gasteiger partial charge in [-0.15, -0.1) is 11.3 Å². The third-order valence-electron chi connectivity index (χ3n) is 2.65. The summed E-state index contributed by atoms with van der Waals surface area (Å²) in [6.07, 6.45) is 0. The molecule has 20 heavy (non-hydrogen) atoms. The van der Waals surface area contributed by atoms with Crippen molar-refractivity contribution in [3.63, 3.8) is 0 Å². The fourth-order valence-electron chi connectivity index (χ4n) is 1.73. The molecule has 0 atom stereocenters. The summed E-state index contributed by atoms with van der Waals surface area (Å²) in [7, 11) is -3.31. The van der Waals surface area contributed by atoms with Gasteiger partial charge in [0.1, 0.15) is 4.21 Å². The Morgan fingerprint density at radius 1 is 1.25 bits per heavy atom. The van der Waals surface area contributed by atoms with E-state index in [4.69, 9.17) is 0 Å². The highest BCUT2D eigenvalue weighted by Crippen LogP contribution is 2.16. The smallest absolute Gasteiger partial charge is 0.210 e. The highest BCUT2D eigenvalue weighted by atomic mass is 32.2. The van der Waals surface area contributed by atoms with Crippen LogP contribution in [0.4, 0.5) is 0 Å². The molecule has 1 heterocycles. The van der Waals surface area contributed by atoms with Gasteiger partial charge in [0.15, 0.2) is 0 Å². The van der Waals surface area contributed by atoms with Gasteiger partial charge < -0.3 is 0 Å². The predicted octanol–water partition coefficient (Wildman–Crippen LogP) is 3.27. The molecule has 2 rings (SSSR count). The van der Waals surface area contributed by atoms with E-state index in [2.05, 4.69) is 29.8 Å². The molecule has 1 N–H and O–H groups in total. The van der Waals surface area contributed by atoms with Gasteiger partial charge in [0.05, 0.1) is 0 Å². The Hall–Kier alpha value is -0.820. The summed E-state index contributed by atoms with van der Waals surface area (Å²) in [6, 6.07) is 11.7. The van der Waals surface area contributed by atoms with Crippen molar-refractivity contribution in [2.75, 3.05) is 12.3 Å². The van der Waals surface area contributed by atoms with Crippen molar-refractivity contribution in [1.82, 2.24) is 4.72 Å². The van der Waals surface area contributed by atoms with E-state index in [0.717, 1.165) is 11.5 Å². The van der Waals surface area contributed by atoms with Gasteiger partial charge in [-0.25, -0.2) is 13.1 Å². The number of rotatable bonds is 7. The molecule has 2 aromatic rings. The Morgan fingerprint density at radius 2 is 2.10 bits per heavy atom. The van der Waals surface area contributed by atoms with Crippen LogP contribution in [0.25, 0.3) is 0 Å². The number of hydrogen-bond acceptors (Lipinski definition) is 4. The van der Waals surface area contributed by atoms with Gasteiger partial charge in [-0.05, 0) is 23.9 Å². The summed E-state index contributed by atoms with van der Waals surface area (Å²) in [5, 5.41) is 1.76. The van der Waals surface area contributed by atoms with Crippen molar-refractivity contribution >= 4 is 33.1 Å². The van der Waals surface area contributed by atoms with Crippen LogP contribution in [-0.4, -0.2) is 20.7 Å². The van der Waals surface area contributed by atoms with Gasteiger partial charge in [-0.2, -0.15) is 11.8 Å². The third kappa shape index (κ3) is 4.63. The molecule has 0 amide bonds. The largest absolute Gasteiger partial charge is 0.250 e. The van der Waals surface area contributed by atoms with Crippen LogP contribution in [0.15, 0.2) is 46.0 Å². The first kappa shape index (κ1) is 15.6. The fourth-order valence-corrected chi connectivity index (χ4v) is 4.73. The van der Waals surface area contributed by atoms with Crippen molar-refractivity contribution in [2.24, 2.45) is 0 Å². The molecule has 0 aliphatic heterocycles. The number of thiophene rings is 1. The van der Waals surface area contributed by atoms with Crippen molar-refractivity contribution in [2.45, 2.75) is 16.9 Å². The summed E-state index contributed by atoms with van der Waals surface area (Å²) < 4.78 is 26.7. The highest BCUT2D eigenvalue weighted by Gasteiger charge is 2.13. The van der Waals surface area contributed by atoms with Crippen molar-refractivity contribution in [1.29, 1.82) is 0 Å². The van der Waals surface area contributed by atoms with Gasteiger partial charge in [-0.1, -0.05) is 35.9 Å². The van der Waals surface area contributed by atoms with Crippen LogP contribution < -0.4 is 4.72 Å².